The van der Waals surface area contributed by atoms with Crippen molar-refractivity contribution in [2.75, 3.05) is 25.4 Å². The Morgan fingerprint density at radius 3 is 2.62 bits per heavy atom. The van der Waals surface area contributed by atoms with E-state index in [0.717, 1.165) is 18.7 Å². The van der Waals surface area contributed by atoms with Gasteiger partial charge in [0.25, 0.3) is 5.91 Å². The molecule has 0 bridgehead atoms. The van der Waals surface area contributed by atoms with Crippen LogP contribution in [-0.4, -0.2) is 36.5 Å². The molecule has 21 heavy (non-hydrogen) atoms. The predicted molar refractivity (Wildman–Crippen MR) is 87.4 cm³/mol. The highest BCUT2D eigenvalue weighted by molar-refractivity contribution is 5.96. The second kappa shape index (κ2) is 6.94. The highest BCUT2D eigenvalue weighted by Crippen LogP contribution is 2.18. The van der Waals surface area contributed by atoms with E-state index in [-0.39, 0.29) is 5.91 Å². The second-order valence-corrected chi connectivity index (χ2v) is 6.28. The van der Waals surface area contributed by atoms with Crippen molar-refractivity contribution in [2.45, 2.75) is 39.7 Å². The summed E-state index contributed by atoms with van der Waals surface area (Å²) in [5, 5.41) is 3.09. The molecule has 0 aromatic heterocycles. The van der Waals surface area contributed by atoms with E-state index in [2.05, 4.69) is 24.1 Å². The lowest BCUT2D eigenvalue weighted by Crippen LogP contribution is -2.45. The maximum Gasteiger partial charge on any atom is 0.251 e. The molecule has 1 aliphatic rings. The van der Waals surface area contributed by atoms with Crippen molar-refractivity contribution in [2.24, 2.45) is 5.92 Å². The van der Waals surface area contributed by atoms with Gasteiger partial charge in [0.1, 0.15) is 0 Å². The Hall–Kier alpha value is -1.55. The lowest BCUT2D eigenvalue weighted by atomic mass is 10.0. The van der Waals surface area contributed by atoms with Crippen LogP contribution in [0.3, 0.4) is 0 Å². The van der Waals surface area contributed by atoms with Crippen LogP contribution < -0.4 is 11.1 Å². The van der Waals surface area contributed by atoms with Gasteiger partial charge in [-0.1, -0.05) is 19.9 Å². The van der Waals surface area contributed by atoms with Crippen LogP contribution >= 0.6 is 0 Å². The largest absolute Gasteiger partial charge is 0.398 e. The monoisotopic (exact) mass is 289 g/mol. The van der Waals surface area contributed by atoms with Crippen LogP contribution in [0.4, 0.5) is 5.69 Å². The number of nitrogens with two attached hydrogens (primary N) is 1. The molecule has 4 nitrogen and oxygen atoms in total. The minimum Gasteiger partial charge on any atom is -0.398 e. The molecule has 1 fully saturated rings. The zero-order valence-corrected chi connectivity index (χ0v) is 13.4. The Balaban J connectivity index is 2.00. The topological polar surface area (TPSA) is 58.4 Å². The van der Waals surface area contributed by atoms with Crippen molar-refractivity contribution in [3.8, 4) is 0 Å². The van der Waals surface area contributed by atoms with Gasteiger partial charge in [0.05, 0.1) is 0 Å². The van der Waals surface area contributed by atoms with Gasteiger partial charge in [-0.05, 0) is 56.5 Å². The summed E-state index contributed by atoms with van der Waals surface area (Å²) in [7, 11) is 0. The minimum atomic E-state index is -0.0235. The molecule has 116 valence electrons. The first kappa shape index (κ1) is 15.8. The van der Waals surface area contributed by atoms with Gasteiger partial charge in [0.2, 0.25) is 0 Å². The average molecular weight is 289 g/mol. The van der Waals surface area contributed by atoms with Gasteiger partial charge in [0.15, 0.2) is 0 Å². The molecule has 0 saturated carbocycles. The van der Waals surface area contributed by atoms with Crippen LogP contribution in [0.5, 0.6) is 0 Å². The van der Waals surface area contributed by atoms with Gasteiger partial charge >= 0.3 is 0 Å². The first-order valence-electron chi connectivity index (χ1n) is 7.88. The fourth-order valence-corrected chi connectivity index (χ4v) is 3.05. The number of likely N-dealkylation sites (tertiary alicyclic amines) is 1. The van der Waals surface area contributed by atoms with Crippen LogP contribution in [0.1, 0.15) is 42.6 Å². The van der Waals surface area contributed by atoms with Gasteiger partial charge in [-0.3, -0.25) is 9.69 Å². The molecular weight excluding hydrogens is 262 g/mol. The number of carbonyl (C=O) groups is 1. The lowest BCUT2D eigenvalue weighted by molar-refractivity contribution is 0.0926. The summed E-state index contributed by atoms with van der Waals surface area (Å²) in [5.41, 5.74) is 8.08. The Morgan fingerprint density at radius 1 is 1.33 bits per heavy atom. The Morgan fingerprint density at radius 2 is 2.00 bits per heavy atom. The molecule has 2 rings (SSSR count). The summed E-state index contributed by atoms with van der Waals surface area (Å²) >= 11 is 0. The number of nitrogens with zero attached hydrogens (tertiary/aromatic N) is 1. The molecule has 1 unspecified atom stereocenters. The molecule has 1 aromatic carbocycles. The number of carbonyl (C=O) groups excluding carboxylic acids is 1. The normalized spacial score (nSPS) is 17.1. The fraction of sp³-hybridized carbons (Fsp3) is 0.588. The molecule has 3 N–H and O–H groups in total. The Kier molecular flexibility index (Phi) is 5.23. The third-order valence-corrected chi connectivity index (χ3v) is 4.47. The van der Waals surface area contributed by atoms with Crippen molar-refractivity contribution >= 4 is 11.6 Å². The summed E-state index contributed by atoms with van der Waals surface area (Å²) in [6.45, 7) is 9.34. The summed E-state index contributed by atoms with van der Waals surface area (Å²) in [6.07, 6.45) is 2.54. The smallest absolute Gasteiger partial charge is 0.251 e. The molecule has 0 spiro atoms. The summed E-state index contributed by atoms with van der Waals surface area (Å²) in [5.74, 6) is 0.509. The number of anilines is 1. The number of nitrogens with one attached hydrogen (secondary N) is 1. The first-order chi connectivity index (χ1) is 10.0. The van der Waals surface area contributed by atoms with E-state index in [9.17, 15) is 4.79 Å². The third-order valence-electron chi connectivity index (χ3n) is 4.47. The molecule has 1 atom stereocenters. The van der Waals surface area contributed by atoms with E-state index < -0.39 is 0 Å². The quantitative estimate of drug-likeness (QED) is 0.819. The van der Waals surface area contributed by atoms with E-state index in [0.29, 0.717) is 29.8 Å². The molecule has 1 saturated heterocycles. The van der Waals surface area contributed by atoms with Gasteiger partial charge in [-0.25, -0.2) is 0 Å². The molecular formula is C17H27N3O. The van der Waals surface area contributed by atoms with E-state index in [1.165, 1.54) is 12.8 Å². The maximum absolute atomic E-state index is 12.4. The standard InChI is InChI=1S/C17H27N3O/c1-12(2)16(20-9-4-5-10-20)11-19-17(21)14-7-6-8-15(18)13(14)3/h6-8,12,16H,4-5,9-11,18H2,1-3H3,(H,19,21). The molecule has 4 heteroatoms. The molecule has 1 amide bonds. The zero-order valence-electron chi connectivity index (χ0n) is 13.4. The van der Waals surface area contributed by atoms with Gasteiger partial charge in [0, 0.05) is 23.8 Å². The van der Waals surface area contributed by atoms with E-state index in [1.54, 1.807) is 0 Å². The van der Waals surface area contributed by atoms with E-state index in [4.69, 9.17) is 5.73 Å². The maximum atomic E-state index is 12.4. The molecule has 1 aromatic rings. The Bertz CT molecular complexity index is 493. The zero-order chi connectivity index (χ0) is 15.4. The van der Waals surface area contributed by atoms with Crippen molar-refractivity contribution < 1.29 is 4.79 Å². The lowest BCUT2D eigenvalue weighted by Gasteiger charge is -2.31. The number of nitrogen functional groups attached to an aromatic ring is 1. The van der Waals surface area contributed by atoms with Crippen LogP contribution in [0.25, 0.3) is 0 Å². The number of rotatable bonds is 5. The SMILES string of the molecule is Cc1c(N)cccc1C(=O)NCC(C(C)C)N1CCCC1. The van der Waals surface area contributed by atoms with Crippen molar-refractivity contribution in [1.29, 1.82) is 0 Å². The van der Waals surface area contributed by atoms with Crippen LogP contribution in [0, 0.1) is 12.8 Å². The molecule has 0 aliphatic carbocycles. The van der Waals surface area contributed by atoms with Gasteiger partial charge in [-0.2, -0.15) is 0 Å². The van der Waals surface area contributed by atoms with E-state index in [1.807, 2.05) is 25.1 Å². The van der Waals surface area contributed by atoms with Crippen LogP contribution in [0.2, 0.25) is 0 Å². The highest BCUT2D eigenvalue weighted by atomic mass is 16.1. The van der Waals surface area contributed by atoms with Gasteiger partial charge in [-0.15, -0.1) is 0 Å². The van der Waals surface area contributed by atoms with Crippen molar-refractivity contribution in [3.05, 3.63) is 29.3 Å². The third kappa shape index (κ3) is 3.76. The van der Waals surface area contributed by atoms with Crippen LogP contribution in [0.15, 0.2) is 18.2 Å². The second-order valence-electron chi connectivity index (χ2n) is 6.28. The molecule has 1 aliphatic heterocycles. The number of hydrogen-bond acceptors (Lipinski definition) is 3. The van der Waals surface area contributed by atoms with E-state index >= 15 is 0 Å². The van der Waals surface area contributed by atoms with Gasteiger partial charge < -0.3 is 11.1 Å². The number of amides is 1. The highest BCUT2D eigenvalue weighted by Gasteiger charge is 2.25. The summed E-state index contributed by atoms with van der Waals surface area (Å²) < 4.78 is 0. The average Bonchev–Trinajstić information content (AvgIpc) is 2.95. The Labute approximate surface area is 127 Å². The number of hydrogen-bond donors (Lipinski definition) is 2. The summed E-state index contributed by atoms with van der Waals surface area (Å²) in [6, 6.07) is 5.91. The first-order valence-corrected chi connectivity index (χ1v) is 7.88. The predicted octanol–water partition coefficient (Wildman–Crippen LogP) is 2.43. The van der Waals surface area contributed by atoms with Crippen molar-refractivity contribution in [1.82, 2.24) is 10.2 Å². The number of benzene rings is 1. The molecule has 0 radical (unpaired) electrons. The molecule has 1 heterocycles. The summed E-state index contributed by atoms with van der Waals surface area (Å²) in [4.78, 5) is 14.9. The minimum absolute atomic E-state index is 0.0235. The van der Waals surface area contributed by atoms with Crippen molar-refractivity contribution in [3.63, 3.8) is 0 Å². The fourth-order valence-electron chi connectivity index (χ4n) is 3.05. The van der Waals surface area contributed by atoms with Crippen LogP contribution in [-0.2, 0) is 0 Å².